The number of sulfonamides is 1. The monoisotopic (exact) mass is 571 g/mol. The summed E-state index contributed by atoms with van der Waals surface area (Å²) in [5, 5.41) is 4.76. The lowest BCUT2D eigenvalue weighted by molar-refractivity contribution is 0.360. The molecule has 0 atom stereocenters. The van der Waals surface area contributed by atoms with Crippen LogP contribution in [0.1, 0.15) is 63.9 Å². The summed E-state index contributed by atoms with van der Waals surface area (Å²) >= 11 is 0. The zero-order valence-electron chi connectivity index (χ0n) is 23.6. The van der Waals surface area contributed by atoms with E-state index >= 15 is 0 Å². The summed E-state index contributed by atoms with van der Waals surface area (Å²) in [5.41, 5.74) is 2.85. The van der Waals surface area contributed by atoms with E-state index in [0.29, 0.717) is 42.1 Å². The molecule has 0 spiro atoms. The van der Waals surface area contributed by atoms with E-state index in [9.17, 15) is 8.42 Å². The second-order valence-corrected chi connectivity index (χ2v) is 13.5. The van der Waals surface area contributed by atoms with Crippen molar-refractivity contribution in [2.45, 2.75) is 76.5 Å². The van der Waals surface area contributed by atoms with Gasteiger partial charge in [-0.1, -0.05) is 44.0 Å². The lowest BCUT2D eigenvalue weighted by atomic mass is 9.87. The van der Waals surface area contributed by atoms with Gasteiger partial charge < -0.3 is 10.1 Å². The van der Waals surface area contributed by atoms with Crippen molar-refractivity contribution in [2.75, 3.05) is 10.0 Å². The highest BCUT2D eigenvalue weighted by atomic mass is 32.2. The summed E-state index contributed by atoms with van der Waals surface area (Å²) in [6, 6.07) is 15.6. The van der Waals surface area contributed by atoms with Crippen LogP contribution in [0, 0.1) is 12.8 Å². The molecule has 0 aliphatic heterocycles. The van der Waals surface area contributed by atoms with E-state index in [1.807, 2.05) is 55.5 Å². The number of aryl methyl sites for hydroxylation is 1. The van der Waals surface area contributed by atoms with Crippen LogP contribution < -0.4 is 14.8 Å². The standard InChI is InChI=1S/C32H37N5O3S/c1-21-13-15-23(16-14-21)35-32-34-19-17-28(36-32)27-12-7-18-33-31(27)40-30-22(2)20-29(25-10-5-6-11-26(25)30)37-41(38,39)24-8-3-4-9-24/h5-7,10-12,17-21,23-24,37H,3-4,8-9,13-16H2,1-2H3,(H,34,35,36). The number of hydrogen-bond donors (Lipinski definition) is 2. The smallest absolute Gasteiger partial charge is 0.235 e. The maximum atomic E-state index is 13.1. The summed E-state index contributed by atoms with van der Waals surface area (Å²) < 4.78 is 35.7. The van der Waals surface area contributed by atoms with Gasteiger partial charge >= 0.3 is 0 Å². The van der Waals surface area contributed by atoms with Gasteiger partial charge in [0.15, 0.2) is 0 Å². The van der Waals surface area contributed by atoms with Crippen LogP contribution in [0.15, 0.2) is 60.9 Å². The van der Waals surface area contributed by atoms with Crippen LogP contribution in [-0.2, 0) is 10.0 Å². The molecule has 4 aromatic rings. The molecule has 9 heteroatoms. The van der Waals surface area contributed by atoms with Crippen molar-refractivity contribution in [2.24, 2.45) is 5.92 Å². The lowest BCUT2D eigenvalue weighted by Gasteiger charge is -2.26. The van der Waals surface area contributed by atoms with Gasteiger partial charge in [-0.3, -0.25) is 4.72 Å². The number of rotatable bonds is 8. The number of hydrogen-bond acceptors (Lipinski definition) is 7. The maximum absolute atomic E-state index is 13.1. The molecule has 214 valence electrons. The molecule has 2 aromatic heterocycles. The average Bonchev–Trinajstić information content (AvgIpc) is 3.53. The Morgan fingerprint density at radius 1 is 0.878 bits per heavy atom. The van der Waals surface area contributed by atoms with Gasteiger partial charge in [-0.15, -0.1) is 0 Å². The number of nitrogens with zero attached hydrogens (tertiary/aromatic N) is 3. The van der Waals surface area contributed by atoms with Gasteiger partial charge in [0.2, 0.25) is 21.9 Å². The van der Waals surface area contributed by atoms with Crippen molar-refractivity contribution in [1.82, 2.24) is 15.0 Å². The van der Waals surface area contributed by atoms with Gasteiger partial charge in [0, 0.05) is 29.2 Å². The van der Waals surface area contributed by atoms with E-state index in [2.05, 4.69) is 26.9 Å². The van der Waals surface area contributed by atoms with Gasteiger partial charge in [0.1, 0.15) is 5.75 Å². The molecule has 2 heterocycles. The molecule has 41 heavy (non-hydrogen) atoms. The summed E-state index contributed by atoms with van der Waals surface area (Å²) in [6.07, 6.45) is 11.4. The van der Waals surface area contributed by atoms with Gasteiger partial charge in [0.25, 0.3) is 0 Å². The minimum atomic E-state index is -3.48. The molecule has 0 saturated heterocycles. The Labute approximate surface area is 242 Å². The minimum absolute atomic E-state index is 0.345. The fraction of sp³-hybridized carbons (Fsp3) is 0.406. The van der Waals surface area contributed by atoms with Crippen molar-refractivity contribution in [3.8, 4) is 22.9 Å². The van der Waals surface area contributed by atoms with Crippen LogP contribution in [0.5, 0.6) is 11.6 Å². The normalized spacial score (nSPS) is 19.8. The van der Waals surface area contributed by atoms with Crippen LogP contribution in [0.2, 0.25) is 0 Å². The third-order valence-corrected chi connectivity index (χ3v) is 10.3. The average molecular weight is 572 g/mol. The molecule has 8 nitrogen and oxygen atoms in total. The fourth-order valence-electron chi connectivity index (χ4n) is 6.07. The molecule has 0 bridgehead atoms. The van der Waals surface area contributed by atoms with Crippen molar-refractivity contribution in [3.63, 3.8) is 0 Å². The highest BCUT2D eigenvalue weighted by Crippen LogP contribution is 2.40. The Balaban J connectivity index is 1.31. The number of aromatic nitrogens is 3. The van der Waals surface area contributed by atoms with E-state index in [4.69, 9.17) is 9.72 Å². The highest BCUT2D eigenvalue weighted by Gasteiger charge is 2.29. The van der Waals surface area contributed by atoms with Crippen molar-refractivity contribution in [3.05, 3.63) is 66.5 Å². The number of fused-ring (bicyclic) bond motifs is 1. The van der Waals surface area contributed by atoms with E-state index in [0.717, 1.165) is 59.2 Å². The van der Waals surface area contributed by atoms with Crippen LogP contribution in [0.3, 0.4) is 0 Å². The summed E-state index contributed by atoms with van der Waals surface area (Å²) in [6.45, 7) is 4.24. The third-order valence-electron chi connectivity index (χ3n) is 8.42. The molecular weight excluding hydrogens is 534 g/mol. The van der Waals surface area contributed by atoms with Gasteiger partial charge in [0.05, 0.1) is 22.2 Å². The number of benzene rings is 2. The summed E-state index contributed by atoms with van der Waals surface area (Å²) in [4.78, 5) is 13.9. The second-order valence-electron chi connectivity index (χ2n) is 11.5. The third kappa shape index (κ3) is 6.00. The SMILES string of the molecule is Cc1cc(NS(=O)(=O)C2CCCC2)c2ccccc2c1Oc1ncccc1-c1ccnc(NC2CCC(C)CC2)n1. The van der Waals surface area contributed by atoms with Crippen molar-refractivity contribution < 1.29 is 13.2 Å². The maximum Gasteiger partial charge on any atom is 0.235 e. The molecule has 2 aliphatic rings. The number of pyridine rings is 1. The first-order valence-electron chi connectivity index (χ1n) is 14.6. The van der Waals surface area contributed by atoms with Crippen molar-refractivity contribution in [1.29, 1.82) is 0 Å². The highest BCUT2D eigenvalue weighted by molar-refractivity contribution is 7.93. The largest absolute Gasteiger partial charge is 0.437 e. The molecule has 2 aromatic carbocycles. The van der Waals surface area contributed by atoms with E-state index in [1.165, 1.54) is 12.8 Å². The van der Waals surface area contributed by atoms with Crippen LogP contribution in [-0.4, -0.2) is 34.7 Å². The first kappa shape index (κ1) is 27.4. The molecule has 0 amide bonds. The minimum Gasteiger partial charge on any atom is -0.437 e. The van der Waals surface area contributed by atoms with Crippen LogP contribution >= 0.6 is 0 Å². The predicted molar refractivity (Wildman–Crippen MR) is 164 cm³/mol. The van der Waals surface area contributed by atoms with E-state index < -0.39 is 10.0 Å². The quantitative estimate of drug-likeness (QED) is 0.226. The fourth-order valence-corrected chi connectivity index (χ4v) is 7.67. The van der Waals surface area contributed by atoms with Crippen LogP contribution in [0.4, 0.5) is 11.6 Å². The zero-order chi connectivity index (χ0) is 28.4. The first-order valence-corrected chi connectivity index (χ1v) is 16.2. The summed E-state index contributed by atoms with van der Waals surface area (Å²) in [7, 11) is -3.48. The molecule has 0 radical (unpaired) electrons. The van der Waals surface area contributed by atoms with Gasteiger partial charge in [-0.2, -0.15) is 0 Å². The van der Waals surface area contributed by atoms with Gasteiger partial charge in [-0.05, 0) is 81.2 Å². The Kier molecular flexibility index (Phi) is 7.79. The topological polar surface area (TPSA) is 106 Å². The Morgan fingerprint density at radius 2 is 1.63 bits per heavy atom. The molecular formula is C32H37N5O3S. The van der Waals surface area contributed by atoms with Crippen LogP contribution in [0.25, 0.3) is 22.0 Å². The van der Waals surface area contributed by atoms with Crippen molar-refractivity contribution >= 4 is 32.4 Å². The predicted octanol–water partition coefficient (Wildman–Crippen LogP) is 7.47. The lowest BCUT2D eigenvalue weighted by Crippen LogP contribution is -2.26. The first-order chi connectivity index (χ1) is 19.9. The number of anilines is 2. The van der Waals surface area contributed by atoms with Gasteiger partial charge in [-0.25, -0.2) is 23.4 Å². The molecule has 2 saturated carbocycles. The summed E-state index contributed by atoms with van der Waals surface area (Å²) in [5.74, 6) is 2.44. The Morgan fingerprint density at radius 3 is 2.41 bits per heavy atom. The zero-order valence-corrected chi connectivity index (χ0v) is 24.5. The van der Waals surface area contributed by atoms with E-state index in [-0.39, 0.29) is 5.25 Å². The second kappa shape index (κ2) is 11.6. The molecule has 6 rings (SSSR count). The Hall–Kier alpha value is -3.72. The molecule has 2 N–H and O–H groups in total. The van der Waals surface area contributed by atoms with E-state index in [1.54, 1.807) is 12.4 Å². The molecule has 2 aliphatic carbocycles. The number of nitrogens with one attached hydrogen (secondary N) is 2. The molecule has 0 unspecified atom stereocenters. The Bertz CT molecular complexity index is 1640. The molecule has 2 fully saturated rings. The number of ether oxygens (including phenoxy) is 1.